The number of nitrogens with one attached hydrogen (secondary N) is 1. The zero-order valence-corrected chi connectivity index (χ0v) is 12.0. The molecule has 1 heterocycles. The van der Waals surface area contributed by atoms with E-state index in [9.17, 15) is 0 Å². The lowest BCUT2D eigenvalue weighted by atomic mass is 10.2. The molecule has 0 aliphatic rings. The molecule has 0 aliphatic carbocycles. The third-order valence-electron chi connectivity index (χ3n) is 2.88. The molecule has 0 atom stereocenters. The van der Waals surface area contributed by atoms with Crippen LogP contribution in [-0.2, 0) is 13.1 Å². The summed E-state index contributed by atoms with van der Waals surface area (Å²) in [5, 5.41) is 15.0. The smallest absolute Gasteiger partial charge is 0.165 e. The predicted molar refractivity (Wildman–Crippen MR) is 76.5 cm³/mol. The topological polar surface area (TPSA) is 64.9 Å². The summed E-state index contributed by atoms with van der Waals surface area (Å²) >= 11 is 0. The highest BCUT2D eigenvalue weighted by atomic mass is 16.5. The van der Waals surface area contributed by atoms with E-state index in [1.165, 1.54) is 5.56 Å². The first kappa shape index (κ1) is 14.5. The van der Waals surface area contributed by atoms with Crippen LogP contribution in [0.1, 0.15) is 24.7 Å². The molecular weight excluding hydrogens is 254 g/mol. The Morgan fingerprint density at radius 1 is 1.35 bits per heavy atom. The Balaban J connectivity index is 1.80. The number of hydrogen-bond acceptors (Lipinski definition) is 5. The number of benzene rings is 1. The van der Waals surface area contributed by atoms with Gasteiger partial charge in [0, 0.05) is 0 Å². The molecule has 0 fully saturated rings. The Bertz CT molecular complexity index is 526. The molecule has 0 saturated heterocycles. The summed E-state index contributed by atoms with van der Waals surface area (Å²) in [6, 6.07) is 8.01. The van der Waals surface area contributed by atoms with Crippen LogP contribution < -0.4 is 10.1 Å². The van der Waals surface area contributed by atoms with Gasteiger partial charge in [-0.05, 0) is 48.0 Å². The molecule has 0 amide bonds. The van der Waals surface area contributed by atoms with Gasteiger partial charge in [0.25, 0.3) is 0 Å². The molecule has 1 aromatic carbocycles. The van der Waals surface area contributed by atoms with E-state index in [4.69, 9.17) is 4.74 Å². The van der Waals surface area contributed by atoms with Gasteiger partial charge in [0.15, 0.2) is 5.82 Å². The molecule has 1 N–H and O–H groups in total. The first-order chi connectivity index (χ1) is 9.79. The quantitative estimate of drug-likeness (QED) is 0.741. The minimum Gasteiger partial charge on any atom is -0.492 e. The highest BCUT2D eigenvalue weighted by Crippen LogP contribution is 2.12. The number of aryl methyl sites for hydroxylation is 1. The van der Waals surface area contributed by atoms with Crippen molar-refractivity contribution >= 4 is 0 Å². The fraction of sp³-hybridized carbons (Fsp3) is 0.500. The van der Waals surface area contributed by atoms with Gasteiger partial charge in [0.05, 0.1) is 13.1 Å². The van der Waals surface area contributed by atoms with E-state index < -0.39 is 0 Å². The van der Waals surface area contributed by atoms with Gasteiger partial charge in [-0.1, -0.05) is 19.1 Å². The first-order valence-electron chi connectivity index (χ1n) is 6.95. The van der Waals surface area contributed by atoms with E-state index in [0.29, 0.717) is 19.7 Å². The molecule has 108 valence electrons. The Morgan fingerprint density at radius 2 is 2.25 bits per heavy atom. The number of ether oxygens (including phenoxy) is 1. The fourth-order valence-electron chi connectivity index (χ4n) is 1.86. The maximum Gasteiger partial charge on any atom is 0.165 e. The molecule has 0 radical (unpaired) electrons. The molecule has 0 saturated carbocycles. The lowest BCUT2D eigenvalue weighted by molar-refractivity contribution is 0.286. The number of aromatic nitrogens is 4. The predicted octanol–water partition coefficient (Wildman–Crippen LogP) is 1.56. The number of nitrogens with zero attached hydrogens (tertiary/aromatic N) is 4. The van der Waals surface area contributed by atoms with E-state index in [1.54, 1.807) is 4.68 Å². The lowest BCUT2D eigenvalue weighted by Crippen LogP contribution is -2.20. The minimum absolute atomic E-state index is 0.551. The van der Waals surface area contributed by atoms with Crippen LogP contribution in [0.3, 0.4) is 0 Å². The summed E-state index contributed by atoms with van der Waals surface area (Å²) in [6.45, 7) is 7.02. The highest BCUT2D eigenvalue weighted by molar-refractivity contribution is 5.27. The van der Waals surface area contributed by atoms with Gasteiger partial charge in [-0.25, -0.2) is 4.68 Å². The molecule has 2 aromatic rings. The molecular formula is C14H21N5O. The van der Waals surface area contributed by atoms with E-state index in [-0.39, 0.29) is 0 Å². The average molecular weight is 275 g/mol. The van der Waals surface area contributed by atoms with Crippen LogP contribution in [0.5, 0.6) is 5.75 Å². The zero-order chi connectivity index (χ0) is 14.2. The summed E-state index contributed by atoms with van der Waals surface area (Å²) in [4.78, 5) is 0. The number of tetrazole rings is 1. The van der Waals surface area contributed by atoms with Gasteiger partial charge in [-0.3, -0.25) is 0 Å². The van der Waals surface area contributed by atoms with Crippen LogP contribution in [0.2, 0.25) is 0 Å². The molecule has 0 spiro atoms. The SMILES string of the molecule is CCCNCc1nnnn1CCOc1cccc(C)c1. The van der Waals surface area contributed by atoms with Gasteiger partial charge in [0.2, 0.25) is 0 Å². The maximum absolute atomic E-state index is 5.70. The van der Waals surface area contributed by atoms with Crippen molar-refractivity contribution in [1.29, 1.82) is 0 Å². The number of hydrogen-bond donors (Lipinski definition) is 1. The van der Waals surface area contributed by atoms with E-state index >= 15 is 0 Å². The first-order valence-corrected chi connectivity index (χ1v) is 6.95. The van der Waals surface area contributed by atoms with Crippen molar-refractivity contribution in [1.82, 2.24) is 25.5 Å². The number of rotatable bonds is 8. The Labute approximate surface area is 119 Å². The van der Waals surface area contributed by atoms with Gasteiger partial charge in [-0.15, -0.1) is 5.10 Å². The van der Waals surface area contributed by atoms with Crippen LogP contribution >= 0.6 is 0 Å². The van der Waals surface area contributed by atoms with Gasteiger partial charge in [-0.2, -0.15) is 0 Å². The van der Waals surface area contributed by atoms with Crippen molar-refractivity contribution in [2.45, 2.75) is 33.4 Å². The third kappa shape index (κ3) is 4.31. The lowest BCUT2D eigenvalue weighted by Gasteiger charge is -2.08. The summed E-state index contributed by atoms with van der Waals surface area (Å²) < 4.78 is 7.48. The molecule has 1 aromatic heterocycles. The second kappa shape index (κ2) is 7.59. The van der Waals surface area contributed by atoms with Crippen LogP contribution in [0.25, 0.3) is 0 Å². The van der Waals surface area contributed by atoms with Crippen molar-refractivity contribution in [2.24, 2.45) is 0 Å². The van der Waals surface area contributed by atoms with Crippen LogP contribution in [0.4, 0.5) is 0 Å². The summed E-state index contributed by atoms with van der Waals surface area (Å²) in [5.74, 6) is 1.72. The maximum atomic E-state index is 5.70. The molecule has 0 unspecified atom stereocenters. The third-order valence-corrected chi connectivity index (χ3v) is 2.88. The average Bonchev–Trinajstić information content (AvgIpc) is 2.87. The zero-order valence-electron chi connectivity index (χ0n) is 12.0. The minimum atomic E-state index is 0.551. The normalized spacial score (nSPS) is 10.7. The second-order valence-corrected chi connectivity index (χ2v) is 4.66. The Hall–Kier alpha value is -1.95. The van der Waals surface area contributed by atoms with Crippen LogP contribution in [-0.4, -0.2) is 33.4 Å². The van der Waals surface area contributed by atoms with Crippen LogP contribution in [0, 0.1) is 6.92 Å². The van der Waals surface area contributed by atoms with Gasteiger partial charge < -0.3 is 10.1 Å². The standard InChI is InChI=1S/C14H21N5O/c1-3-7-15-11-14-16-17-18-19(14)8-9-20-13-6-4-5-12(2)10-13/h4-6,10,15H,3,7-9,11H2,1-2H3. The van der Waals surface area contributed by atoms with Crippen LogP contribution in [0.15, 0.2) is 24.3 Å². The summed E-state index contributed by atoms with van der Waals surface area (Å²) in [5.41, 5.74) is 1.19. The molecule has 0 aliphatic heterocycles. The van der Waals surface area contributed by atoms with E-state index in [1.807, 2.05) is 31.2 Å². The monoisotopic (exact) mass is 275 g/mol. The fourth-order valence-corrected chi connectivity index (χ4v) is 1.86. The van der Waals surface area contributed by atoms with E-state index in [2.05, 4.69) is 27.8 Å². The molecule has 0 bridgehead atoms. The van der Waals surface area contributed by atoms with Crippen molar-refractivity contribution < 1.29 is 4.74 Å². The van der Waals surface area contributed by atoms with Crippen molar-refractivity contribution in [3.63, 3.8) is 0 Å². The van der Waals surface area contributed by atoms with Gasteiger partial charge >= 0.3 is 0 Å². The van der Waals surface area contributed by atoms with E-state index in [0.717, 1.165) is 24.5 Å². The largest absolute Gasteiger partial charge is 0.492 e. The Kier molecular flexibility index (Phi) is 5.49. The Morgan fingerprint density at radius 3 is 3.05 bits per heavy atom. The molecule has 20 heavy (non-hydrogen) atoms. The summed E-state index contributed by atoms with van der Waals surface area (Å²) in [6.07, 6.45) is 1.10. The second-order valence-electron chi connectivity index (χ2n) is 4.66. The molecule has 6 nitrogen and oxygen atoms in total. The molecule has 2 rings (SSSR count). The highest BCUT2D eigenvalue weighted by Gasteiger charge is 2.05. The summed E-state index contributed by atoms with van der Waals surface area (Å²) in [7, 11) is 0. The van der Waals surface area contributed by atoms with Crippen molar-refractivity contribution in [2.75, 3.05) is 13.2 Å². The molecule has 6 heteroatoms. The van der Waals surface area contributed by atoms with Crippen molar-refractivity contribution in [3.05, 3.63) is 35.7 Å². The van der Waals surface area contributed by atoms with Gasteiger partial charge in [0.1, 0.15) is 12.4 Å². The van der Waals surface area contributed by atoms with Crippen molar-refractivity contribution in [3.8, 4) is 5.75 Å².